The van der Waals surface area contributed by atoms with Gasteiger partial charge >= 0.3 is 5.97 Å². The predicted octanol–water partition coefficient (Wildman–Crippen LogP) is -1.61. The lowest BCUT2D eigenvalue weighted by atomic mass is 9.85. The van der Waals surface area contributed by atoms with Crippen LogP contribution in [0.1, 0.15) is 5.56 Å². The number of esters is 1. The number of carbonyl (C=O) groups excluding carboxylic acids is 1. The third-order valence-electron chi connectivity index (χ3n) is 7.47. The second-order valence-corrected chi connectivity index (χ2v) is 9.59. The van der Waals surface area contributed by atoms with Gasteiger partial charge in [0.15, 0.2) is 17.8 Å². The highest BCUT2D eigenvalue weighted by molar-refractivity contribution is 5.87. The number of rotatable bonds is 8. The Hall–Kier alpha value is -2.75. The molecular formula is C25H30O13. The summed E-state index contributed by atoms with van der Waals surface area (Å²) < 4.78 is 33.4. The molecule has 0 amide bonds. The third kappa shape index (κ3) is 4.54. The number of carbonyl (C=O) groups is 1. The van der Waals surface area contributed by atoms with Crippen LogP contribution in [0, 0.1) is 11.8 Å². The van der Waals surface area contributed by atoms with Gasteiger partial charge in [0.1, 0.15) is 42.2 Å². The maximum absolute atomic E-state index is 12.7. The summed E-state index contributed by atoms with van der Waals surface area (Å²) in [5.74, 6) is -1.64. The van der Waals surface area contributed by atoms with Crippen LogP contribution in [0.2, 0.25) is 0 Å². The number of phenols is 1. The molecule has 0 bridgehead atoms. The van der Waals surface area contributed by atoms with Gasteiger partial charge in [0.05, 0.1) is 32.5 Å². The number of methoxy groups -OCH3 is 1. The minimum atomic E-state index is -1.65. The minimum Gasteiger partial charge on any atom is -0.504 e. The molecule has 4 aliphatic rings. The highest BCUT2D eigenvalue weighted by atomic mass is 16.8. The summed E-state index contributed by atoms with van der Waals surface area (Å²) in [6.07, 6.45) is -4.38. The Bertz CT molecular complexity index is 1090. The zero-order chi connectivity index (χ0) is 27.2. The molecule has 2 saturated heterocycles. The molecule has 3 aliphatic heterocycles. The first-order valence-corrected chi connectivity index (χ1v) is 12.1. The van der Waals surface area contributed by atoms with Crippen molar-refractivity contribution in [3.63, 3.8) is 0 Å². The van der Waals surface area contributed by atoms with Gasteiger partial charge in [-0.3, -0.25) is 0 Å². The number of aromatic hydroxyl groups is 1. The molecule has 1 aromatic carbocycles. The number of aliphatic hydroxyl groups is 5. The van der Waals surface area contributed by atoms with Gasteiger partial charge in [-0.1, -0.05) is 6.07 Å². The van der Waals surface area contributed by atoms with Crippen LogP contribution in [-0.2, 0) is 28.5 Å². The summed E-state index contributed by atoms with van der Waals surface area (Å²) in [4.78, 5) is 12.7. The fourth-order valence-electron chi connectivity index (χ4n) is 5.42. The van der Waals surface area contributed by atoms with Crippen LogP contribution in [0.5, 0.6) is 11.5 Å². The highest BCUT2D eigenvalue weighted by Crippen LogP contribution is 2.60. The summed E-state index contributed by atoms with van der Waals surface area (Å²) in [5, 5.41) is 59.8. The van der Waals surface area contributed by atoms with Crippen LogP contribution in [0.15, 0.2) is 36.6 Å². The maximum atomic E-state index is 12.7. The van der Waals surface area contributed by atoms with E-state index in [9.17, 15) is 35.4 Å². The lowest BCUT2D eigenvalue weighted by Gasteiger charge is -2.43. The van der Waals surface area contributed by atoms with Gasteiger partial charge in [-0.05, 0) is 29.8 Å². The summed E-state index contributed by atoms with van der Waals surface area (Å²) >= 11 is 0. The number of epoxide rings is 1. The number of ether oxygens (including phenoxy) is 6. The summed E-state index contributed by atoms with van der Waals surface area (Å²) in [6.45, 7) is -1.06. The van der Waals surface area contributed by atoms with Gasteiger partial charge in [0, 0.05) is 12.0 Å². The van der Waals surface area contributed by atoms with Crippen molar-refractivity contribution in [1.29, 1.82) is 0 Å². The quantitative estimate of drug-likeness (QED) is 0.126. The van der Waals surface area contributed by atoms with E-state index in [-0.39, 0.29) is 11.5 Å². The van der Waals surface area contributed by atoms with Crippen molar-refractivity contribution in [2.75, 3.05) is 20.3 Å². The maximum Gasteiger partial charge on any atom is 0.331 e. The van der Waals surface area contributed by atoms with Crippen molar-refractivity contribution in [2.45, 2.75) is 54.8 Å². The number of aliphatic hydroxyl groups excluding tert-OH is 5. The van der Waals surface area contributed by atoms with E-state index in [0.29, 0.717) is 5.56 Å². The van der Waals surface area contributed by atoms with Crippen LogP contribution in [0.25, 0.3) is 6.08 Å². The van der Waals surface area contributed by atoms with Crippen LogP contribution >= 0.6 is 0 Å². The van der Waals surface area contributed by atoms with E-state index in [0.717, 1.165) is 0 Å². The lowest BCUT2D eigenvalue weighted by molar-refractivity contribution is -0.344. The van der Waals surface area contributed by atoms with E-state index >= 15 is 0 Å². The van der Waals surface area contributed by atoms with Crippen LogP contribution in [0.3, 0.4) is 0 Å². The Morgan fingerprint density at radius 1 is 1.13 bits per heavy atom. The fraction of sp³-hybridized carbons (Fsp3) is 0.560. The molecule has 0 radical (unpaired) electrons. The van der Waals surface area contributed by atoms with Crippen LogP contribution < -0.4 is 4.74 Å². The number of phenolic OH excluding ortho intramolecular Hbond substituents is 1. The van der Waals surface area contributed by atoms with Crippen molar-refractivity contribution in [1.82, 2.24) is 0 Å². The van der Waals surface area contributed by atoms with Crippen molar-refractivity contribution >= 4 is 12.0 Å². The molecule has 3 heterocycles. The molecule has 208 valence electrons. The van der Waals surface area contributed by atoms with Crippen LogP contribution in [0.4, 0.5) is 0 Å². The van der Waals surface area contributed by atoms with Crippen molar-refractivity contribution in [2.24, 2.45) is 11.8 Å². The Labute approximate surface area is 217 Å². The van der Waals surface area contributed by atoms with Crippen molar-refractivity contribution < 1.29 is 63.9 Å². The summed E-state index contributed by atoms with van der Waals surface area (Å²) in [7, 11) is 1.41. The number of hydrogen-bond donors (Lipinski definition) is 6. The largest absolute Gasteiger partial charge is 0.504 e. The first-order valence-electron chi connectivity index (χ1n) is 12.1. The average molecular weight is 539 g/mol. The van der Waals surface area contributed by atoms with E-state index in [1.54, 1.807) is 18.2 Å². The Morgan fingerprint density at radius 3 is 2.63 bits per heavy atom. The predicted molar refractivity (Wildman–Crippen MR) is 124 cm³/mol. The first-order chi connectivity index (χ1) is 18.2. The van der Waals surface area contributed by atoms with Gasteiger partial charge in [0.2, 0.25) is 6.29 Å². The molecular weight excluding hydrogens is 508 g/mol. The molecule has 0 unspecified atom stereocenters. The molecule has 13 heteroatoms. The van der Waals surface area contributed by atoms with E-state index in [4.69, 9.17) is 28.4 Å². The minimum absolute atomic E-state index is 0.0396. The molecule has 5 rings (SSSR count). The second-order valence-electron chi connectivity index (χ2n) is 9.59. The molecule has 13 nitrogen and oxygen atoms in total. The average Bonchev–Trinajstić information content (AvgIpc) is 3.60. The molecule has 0 spiro atoms. The van der Waals surface area contributed by atoms with Crippen molar-refractivity contribution in [3.8, 4) is 11.5 Å². The molecule has 3 fully saturated rings. The fourth-order valence-corrected chi connectivity index (χ4v) is 5.42. The van der Waals surface area contributed by atoms with E-state index in [1.807, 2.05) is 0 Å². The number of hydrogen-bond acceptors (Lipinski definition) is 13. The van der Waals surface area contributed by atoms with E-state index in [2.05, 4.69) is 0 Å². The van der Waals surface area contributed by atoms with E-state index < -0.39 is 85.8 Å². The topological polar surface area (TPSA) is 197 Å². The molecule has 11 atom stereocenters. The Morgan fingerprint density at radius 2 is 1.92 bits per heavy atom. The monoisotopic (exact) mass is 538 g/mol. The standard InChI is InChI=1S/C25H30O13/c1-33-14-8-11(2-4-13(14)28)3-5-16(29)36-21-12-6-7-34-23(17(12)25(10-27)22(21)38-25)37-24-20(32)19(31)18(30)15(9-26)35-24/h2-8,12,15,17-24,26-28,30-32H,9-10H2,1H3/b5-3-/t12-,15-,17-,18-,19+,20-,21+,22+,23+,24+,25-/m1/s1. The van der Waals surface area contributed by atoms with Gasteiger partial charge < -0.3 is 59.1 Å². The third-order valence-corrected chi connectivity index (χ3v) is 7.47. The second kappa shape index (κ2) is 10.4. The number of fused-ring (bicyclic) bond motifs is 3. The SMILES string of the molecule is COc1cc(/C=C\C(=O)O[C@H]2[C@@H]3C=CO[C@@H](O[C@@H]4O[C@H](CO)[C@@H](O)[C@H](O)[C@H]4O)[C@@H]3[C@@]3(CO)O[C@@H]23)ccc1O. The zero-order valence-corrected chi connectivity index (χ0v) is 20.3. The van der Waals surface area contributed by atoms with Gasteiger partial charge in [0.25, 0.3) is 0 Å². The van der Waals surface area contributed by atoms with Gasteiger partial charge in [-0.25, -0.2) is 4.79 Å². The molecule has 1 saturated carbocycles. The molecule has 1 aromatic rings. The Kier molecular flexibility index (Phi) is 7.37. The first kappa shape index (κ1) is 26.8. The smallest absolute Gasteiger partial charge is 0.331 e. The van der Waals surface area contributed by atoms with Gasteiger partial charge in [-0.2, -0.15) is 0 Å². The summed E-state index contributed by atoms with van der Waals surface area (Å²) in [5.41, 5.74) is -0.556. The molecule has 6 N–H and O–H groups in total. The molecule has 1 aliphatic carbocycles. The van der Waals surface area contributed by atoms with Crippen LogP contribution in [-0.4, -0.2) is 112 Å². The molecule has 38 heavy (non-hydrogen) atoms. The van der Waals surface area contributed by atoms with E-state index in [1.165, 1.54) is 31.6 Å². The zero-order valence-electron chi connectivity index (χ0n) is 20.3. The molecule has 0 aromatic heterocycles. The van der Waals surface area contributed by atoms with Crippen molar-refractivity contribution in [3.05, 3.63) is 42.2 Å². The summed E-state index contributed by atoms with van der Waals surface area (Å²) in [6, 6.07) is 4.57. The lowest BCUT2D eigenvalue weighted by Crippen LogP contribution is -2.60. The number of benzene rings is 1. The Balaban J connectivity index is 1.29. The highest BCUT2D eigenvalue weighted by Gasteiger charge is 2.77. The normalized spacial score (nSPS) is 41.3. The van der Waals surface area contributed by atoms with Gasteiger partial charge in [-0.15, -0.1) is 0 Å².